The number of rotatable bonds is 6. The van der Waals surface area contributed by atoms with E-state index in [-0.39, 0.29) is 0 Å². The predicted molar refractivity (Wildman–Crippen MR) is 112 cm³/mol. The molecule has 0 radical (unpaired) electrons. The minimum atomic E-state index is 0.576. The number of aromatic nitrogens is 4. The van der Waals surface area contributed by atoms with E-state index in [0.29, 0.717) is 12.6 Å². The largest absolute Gasteiger partial charge is 0.366 e. The summed E-state index contributed by atoms with van der Waals surface area (Å²) < 4.78 is 2.77. The lowest BCUT2D eigenvalue weighted by atomic mass is 9.94. The zero-order chi connectivity index (χ0) is 18.6. The van der Waals surface area contributed by atoms with Crippen LogP contribution in [0.3, 0.4) is 0 Å². The maximum atomic E-state index is 4.92. The molecule has 142 valence electrons. The molecule has 3 heterocycles. The molecule has 1 aliphatic carbocycles. The fourth-order valence-electron chi connectivity index (χ4n) is 3.89. The number of pyridine rings is 1. The number of nitrogens with zero attached hydrogens (tertiary/aromatic N) is 5. The van der Waals surface area contributed by atoms with Crippen molar-refractivity contribution in [1.29, 1.82) is 0 Å². The van der Waals surface area contributed by atoms with Gasteiger partial charge in [-0.1, -0.05) is 25.3 Å². The van der Waals surface area contributed by atoms with Gasteiger partial charge in [-0.15, -0.1) is 0 Å². The summed E-state index contributed by atoms with van der Waals surface area (Å²) in [6.07, 6.45) is 12.0. The zero-order valence-electron chi connectivity index (χ0n) is 15.6. The van der Waals surface area contributed by atoms with Crippen molar-refractivity contribution in [2.45, 2.75) is 51.6 Å². The average Bonchev–Trinajstić information content (AvgIpc) is 3.09. The molecule has 0 saturated heterocycles. The third-order valence-corrected chi connectivity index (χ3v) is 5.82. The van der Waals surface area contributed by atoms with Crippen LogP contribution in [-0.4, -0.2) is 32.2 Å². The molecular formula is C20H25BrN6. The molecule has 3 aromatic heterocycles. The predicted octanol–water partition coefficient (Wildman–Crippen LogP) is 4.66. The summed E-state index contributed by atoms with van der Waals surface area (Å²) in [5.74, 6) is 1.96. The van der Waals surface area contributed by atoms with E-state index in [1.807, 2.05) is 16.8 Å². The first kappa shape index (κ1) is 18.2. The maximum Gasteiger partial charge on any atom is 0.173 e. The van der Waals surface area contributed by atoms with Crippen molar-refractivity contribution in [3.05, 3.63) is 46.8 Å². The van der Waals surface area contributed by atoms with E-state index < -0.39 is 0 Å². The van der Waals surface area contributed by atoms with Gasteiger partial charge in [-0.3, -0.25) is 4.98 Å². The molecule has 1 N–H and O–H groups in total. The fraction of sp³-hybridized carbons (Fsp3) is 0.450. The van der Waals surface area contributed by atoms with Gasteiger partial charge in [0.2, 0.25) is 0 Å². The third kappa shape index (κ3) is 3.93. The van der Waals surface area contributed by atoms with Crippen molar-refractivity contribution in [2.75, 3.05) is 16.8 Å². The molecule has 0 unspecified atom stereocenters. The number of hydrogen-bond acceptors (Lipinski definition) is 5. The van der Waals surface area contributed by atoms with Gasteiger partial charge in [0, 0.05) is 37.6 Å². The molecular weight excluding hydrogens is 404 g/mol. The van der Waals surface area contributed by atoms with E-state index >= 15 is 0 Å². The van der Waals surface area contributed by atoms with E-state index in [1.54, 1.807) is 12.4 Å². The summed E-state index contributed by atoms with van der Waals surface area (Å²) in [6, 6.07) is 6.72. The maximum absolute atomic E-state index is 4.92. The van der Waals surface area contributed by atoms with Crippen LogP contribution in [0.2, 0.25) is 0 Å². The molecule has 0 aliphatic heterocycles. The zero-order valence-corrected chi connectivity index (χ0v) is 17.2. The lowest BCUT2D eigenvalue weighted by Crippen LogP contribution is -2.37. The van der Waals surface area contributed by atoms with Crippen molar-refractivity contribution in [3.8, 4) is 0 Å². The van der Waals surface area contributed by atoms with Crippen molar-refractivity contribution >= 4 is 33.2 Å². The molecule has 7 heteroatoms. The van der Waals surface area contributed by atoms with Gasteiger partial charge in [-0.25, -0.2) is 4.98 Å². The highest BCUT2D eigenvalue weighted by molar-refractivity contribution is 9.10. The molecule has 0 spiro atoms. The minimum absolute atomic E-state index is 0.576. The van der Waals surface area contributed by atoms with E-state index in [0.717, 1.165) is 33.9 Å². The molecule has 0 bridgehead atoms. The highest BCUT2D eigenvalue weighted by atomic mass is 79.9. The molecule has 27 heavy (non-hydrogen) atoms. The van der Waals surface area contributed by atoms with Gasteiger partial charge in [0.05, 0.1) is 10.7 Å². The second kappa shape index (κ2) is 8.25. The quantitative estimate of drug-likeness (QED) is 0.618. The van der Waals surface area contributed by atoms with E-state index in [1.165, 1.54) is 32.1 Å². The van der Waals surface area contributed by atoms with Crippen LogP contribution in [0.5, 0.6) is 0 Å². The van der Waals surface area contributed by atoms with Crippen LogP contribution < -0.4 is 10.2 Å². The van der Waals surface area contributed by atoms with Crippen molar-refractivity contribution in [3.63, 3.8) is 0 Å². The summed E-state index contributed by atoms with van der Waals surface area (Å²) in [5, 5.41) is 7.99. The smallest absolute Gasteiger partial charge is 0.173 e. The topological polar surface area (TPSA) is 58.4 Å². The van der Waals surface area contributed by atoms with Crippen molar-refractivity contribution < 1.29 is 0 Å². The molecule has 1 aliphatic rings. The lowest BCUT2D eigenvalue weighted by Gasteiger charge is -2.34. The molecule has 6 nitrogen and oxygen atoms in total. The Hall–Kier alpha value is -2.15. The van der Waals surface area contributed by atoms with Gasteiger partial charge in [0.15, 0.2) is 5.65 Å². The Balaban J connectivity index is 1.67. The summed E-state index contributed by atoms with van der Waals surface area (Å²) in [5.41, 5.74) is 1.98. The Morgan fingerprint density at radius 2 is 2.11 bits per heavy atom. The number of hydrogen-bond donors (Lipinski definition) is 1. The molecule has 0 amide bonds. The van der Waals surface area contributed by atoms with E-state index in [2.05, 4.69) is 55.3 Å². The lowest BCUT2D eigenvalue weighted by molar-refractivity contribution is 0.416. The molecule has 1 saturated carbocycles. The van der Waals surface area contributed by atoms with Crippen molar-refractivity contribution in [1.82, 2.24) is 19.6 Å². The van der Waals surface area contributed by atoms with E-state index in [4.69, 9.17) is 4.98 Å². The summed E-state index contributed by atoms with van der Waals surface area (Å²) in [4.78, 5) is 11.6. The van der Waals surface area contributed by atoms with Crippen LogP contribution in [-0.2, 0) is 6.54 Å². The van der Waals surface area contributed by atoms with Gasteiger partial charge in [0.1, 0.15) is 11.6 Å². The number of fused-ring (bicyclic) bond motifs is 1. The molecule has 0 atom stereocenters. The third-order valence-electron chi connectivity index (χ3n) is 5.26. The summed E-state index contributed by atoms with van der Waals surface area (Å²) in [7, 11) is 0. The molecule has 4 rings (SSSR count). The SMILES string of the molecule is CCN(c1cc(NCc2cccnc2)n2ncc(Br)c2n1)C1CCCCC1. The monoisotopic (exact) mass is 428 g/mol. The van der Waals surface area contributed by atoms with Gasteiger partial charge in [0.25, 0.3) is 0 Å². The van der Waals surface area contributed by atoms with Crippen LogP contribution in [0.1, 0.15) is 44.6 Å². The highest BCUT2D eigenvalue weighted by Crippen LogP contribution is 2.30. The Kier molecular flexibility index (Phi) is 5.57. The highest BCUT2D eigenvalue weighted by Gasteiger charge is 2.23. The van der Waals surface area contributed by atoms with E-state index in [9.17, 15) is 0 Å². The fourth-order valence-corrected chi connectivity index (χ4v) is 4.24. The number of halogens is 1. The summed E-state index contributed by atoms with van der Waals surface area (Å²) >= 11 is 3.60. The Bertz CT molecular complexity index is 888. The minimum Gasteiger partial charge on any atom is -0.366 e. The number of nitrogens with one attached hydrogen (secondary N) is 1. The van der Waals surface area contributed by atoms with Gasteiger partial charge < -0.3 is 10.2 Å². The molecule has 0 aromatic carbocycles. The normalized spacial score (nSPS) is 15.2. The van der Waals surface area contributed by atoms with Gasteiger partial charge >= 0.3 is 0 Å². The number of anilines is 2. The molecule has 3 aromatic rings. The van der Waals surface area contributed by atoms with Crippen LogP contribution in [0.4, 0.5) is 11.6 Å². The Labute approximate surface area is 168 Å². The first-order valence-corrected chi connectivity index (χ1v) is 10.5. The van der Waals surface area contributed by atoms with Crippen LogP contribution in [0.25, 0.3) is 5.65 Å². The second-order valence-corrected chi connectivity index (χ2v) is 7.87. The first-order valence-electron chi connectivity index (χ1n) is 9.70. The molecule has 1 fully saturated rings. The second-order valence-electron chi connectivity index (χ2n) is 7.02. The van der Waals surface area contributed by atoms with Gasteiger partial charge in [-0.05, 0) is 47.3 Å². The van der Waals surface area contributed by atoms with Crippen LogP contribution in [0, 0.1) is 0 Å². The first-order chi connectivity index (χ1) is 13.3. The summed E-state index contributed by atoms with van der Waals surface area (Å²) in [6.45, 7) is 3.87. The van der Waals surface area contributed by atoms with Crippen LogP contribution >= 0.6 is 15.9 Å². The average molecular weight is 429 g/mol. The van der Waals surface area contributed by atoms with Gasteiger partial charge in [-0.2, -0.15) is 9.61 Å². The Morgan fingerprint density at radius 1 is 1.26 bits per heavy atom. The Morgan fingerprint density at radius 3 is 2.85 bits per heavy atom. The standard InChI is InChI=1S/C20H25BrN6/c1-2-26(16-8-4-3-5-9-16)19-11-18(23-13-15-7-6-10-22-12-15)27-20(25-19)17(21)14-24-27/h6-7,10-12,14,16,23H,2-5,8-9,13H2,1H3. The van der Waals surface area contributed by atoms with Crippen LogP contribution in [0.15, 0.2) is 41.3 Å². The van der Waals surface area contributed by atoms with Crippen molar-refractivity contribution in [2.24, 2.45) is 0 Å².